The molecule has 6 heteroatoms. The van der Waals surface area contributed by atoms with Crippen LogP contribution in [0.15, 0.2) is 22.9 Å². The predicted octanol–water partition coefficient (Wildman–Crippen LogP) is 1.90. The van der Waals surface area contributed by atoms with Crippen LogP contribution in [0.25, 0.3) is 11.6 Å². The van der Waals surface area contributed by atoms with Crippen LogP contribution in [0.3, 0.4) is 0 Å². The Balaban J connectivity index is 2.33. The highest BCUT2D eigenvalue weighted by molar-refractivity contribution is 9.08. The molecule has 0 fully saturated rings. The molecule has 2 aromatic rings. The Hall–Kier alpha value is -1.74. The smallest absolute Gasteiger partial charge is 0.276 e. The molecule has 0 amide bonds. The van der Waals surface area contributed by atoms with Gasteiger partial charge in [0.25, 0.3) is 5.89 Å². The fourth-order valence-electron chi connectivity index (χ4n) is 0.999. The monoisotopic (exact) mass is 264 g/mol. The molecule has 2 heterocycles. The van der Waals surface area contributed by atoms with E-state index in [9.17, 15) is 0 Å². The number of rotatable bonds is 2. The van der Waals surface area contributed by atoms with Crippen LogP contribution in [0.4, 0.5) is 0 Å². The van der Waals surface area contributed by atoms with E-state index in [1.807, 2.05) is 6.07 Å². The number of hydrogen-bond donors (Lipinski definition) is 0. The van der Waals surface area contributed by atoms with Crippen molar-refractivity contribution in [3.05, 3.63) is 29.7 Å². The van der Waals surface area contributed by atoms with Gasteiger partial charge in [0.05, 0.1) is 10.9 Å². The maximum Gasteiger partial charge on any atom is 0.276 e. The van der Waals surface area contributed by atoms with Crippen LogP contribution in [0.5, 0.6) is 0 Å². The summed E-state index contributed by atoms with van der Waals surface area (Å²) in [6, 6.07) is 5.31. The molecule has 74 valence electrons. The largest absolute Gasteiger partial charge is 0.332 e. The van der Waals surface area contributed by atoms with Crippen molar-refractivity contribution < 1.29 is 4.52 Å². The molecule has 2 rings (SSSR count). The van der Waals surface area contributed by atoms with Crippen molar-refractivity contribution in [1.29, 1.82) is 5.26 Å². The van der Waals surface area contributed by atoms with Crippen molar-refractivity contribution >= 4 is 15.9 Å². The predicted molar refractivity (Wildman–Crippen MR) is 54.9 cm³/mol. The summed E-state index contributed by atoms with van der Waals surface area (Å²) < 4.78 is 4.98. The van der Waals surface area contributed by atoms with Gasteiger partial charge in [-0.1, -0.05) is 21.1 Å². The molecular weight excluding hydrogens is 260 g/mol. The second-order valence-electron chi connectivity index (χ2n) is 2.69. The van der Waals surface area contributed by atoms with E-state index < -0.39 is 0 Å². The van der Waals surface area contributed by atoms with Crippen molar-refractivity contribution in [1.82, 2.24) is 15.1 Å². The molecule has 0 aliphatic carbocycles. The molecule has 0 N–H and O–H groups in total. The van der Waals surface area contributed by atoms with E-state index in [4.69, 9.17) is 9.78 Å². The number of aromatic nitrogens is 3. The lowest BCUT2D eigenvalue weighted by atomic mass is 10.3. The Labute approximate surface area is 93.9 Å². The normalized spacial score (nSPS) is 9.87. The quantitative estimate of drug-likeness (QED) is 0.775. The number of hydrogen-bond acceptors (Lipinski definition) is 5. The van der Waals surface area contributed by atoms with Crippen LogP contribution in [0, 0.1) is 11.3 Å². The summed E-state index contributed by atoms with van der Waals surface area (Å²) in [7, 11) is 0. The van der Waals surface area contributed by atoms with E-state index in [0.717, 1.165) is 0 Å². The van der Waals surface area contributed by atoms with E-state index in [2.05, 4.69) is 31.1 Å². The zero-order valence-corrected chi connectivity index (χ0v) is 9.10. The first kappa shape index (κ1) is 9.80. The second kappa shape index (κ2) is 4.19. The third-order valence-corrected chi connectivity index (χ3v) is 2.20. The van der Waals surface area contributed by atoms with Crippen molar-refractivity contribution in [2.75, 3.05) is 0 Å². The minimum absolute atomic E-state index is 0.355. The first-order chi connectivity index (χ1) is 7.33. The number of pyridine rings is 1. The molecule has 0 spiro atoms. The fraction of sp³-hybridized carbons (Fsp3) is 0.111. The van der Waals surface area contributed by atoms with Crippen molar-refractivity contribution in [2.45, 2.75) is 5.33 Å². The van der Waals surface area contributed by atoms with E-state index in [0.29, 0.717) is 28.3 Å². The van der Waals surface area contributed by atoms with Gasteiger partial charge in [0.2, 0.25) is 0 Å². The molecule has 0 atom stereocenters. The van der Waals surface area contributed by atoms with Gasteiger partial charge in [0, 0.05) is 6.20 Å². The summed E-state index contributed by atoms with van der Waals surface area (Å²) in [4.78, 5) is 8.12. The van der Waals surface area contributed by atoms with E-state index in [-0.39, 0.29) is 0 Å². The summed E-state index contributed by atoms with van der Waals surface area (Å²) in [5.74, 6) is 0.921. The standard InChI is InChI=1S/C9H5BrN4O/c10-3-8-13-9(15-14-8)7-2-1-6(4-11)5-12-7/h1-2,5H,3H2. The van der Waals surface area contributed by atoms with Gasteiger partial charge >= 0.3 is 0 Å². The molecule has 0 saturated carbocycles. The number of halogens is 1. The first-order valence-corrected chi connectivity index (χ1v) is 5.20. The van der Waals surface area contributed by atoms with Gasteiger partial charge in [-0.3, -0.25) is 0 Å². The second-order valence-corrected chi connectivity index (χ2v) is 3.25. The SMILES string of the molecule is N#Cc1ccc(-c2nc(CBr)no2)nc1. The number of alkyl halides is 1. The van der Waals surface area contributed by atoms with Gasteiger partial charge in [-0.15, -0.1) is 0 Å². The van der Waals surface area contributed by atoms with Gasteiger partial charge in [0.1, 0.15) is 11.8 Å². The number of nitrogens with zero attached hydrogens (tertiary/aromatic N) is 4. The highest BCUT2D eigenvalue weighted by atomic mass is 79.9. The van der Waals surface area contributed by atoms with Gasteiger partial charge in [0.15, 0.2) is 5.82 Å². The van der Waals surface area contributed by atoms with Crippen molar-refractivity contribution in [3.63, 3.8) is 0 Å². The van der Waals surface area contributed by atoms with Gasteiger partial charge in [-0.2, -0.15) is 10.2 Å². The molecule has 0 saturated heterocycles. The molecular formula is C9H5BrN4O. The highest BCUT2D eigenvalue weighted by Gasteiger charge is 2.08. The van der Waals surface area contributed by atoms with E-state index in [1.54, 1.807) is 12.1 Å². The van der Waals surface area contributed by atoms with E-state index >= 15 is 0 Å². The van der Waals surface area contributed by atoms with Gasteiger partial charge in [-0.25, -0.2) is 4.98 Å². The van der Waals surface area contributed by atoms with Gasteiger partial charge in [-0.05, 0) is 12.1 Å². The van der Waals surface area contributed by atoms with E-state index in [1.165, 1.54) is 6.20 Å². The summed E-state index contributed by atoms with van der Waals surface area (Å²) in [6.45, 7) is 0. The minimum atomic E-state index is 0.355. The van der Waals surface area contributed by atoms with Crippen molar-refractivity contribution in [3.8, 4) is 17.7 Å². The summed E-state index contributed by atoms with van der Waals surface area (Å²) in [5.41, 5.74) is 1.06. The summed E-state index contributed by atoms with van der Waals surface area (Å²) in [6.07, 6.45) is 1.47. The van der Waals surface area contributed by atoms with Crippen LogP contribution in [0.2, 0.25) is 0 Å². The Morgan fingerprint density at radius 2 is 2.33 bits per heavy atom. The average Bonchev–Trinajstić information content (AvgIpc) is 2.78. The molecule has 0 aliphatic heterocycles. The maximum atomic E-state index is 8.59. The third-order valence-electron chi connectivity index (χ3n) is 1.70. The Morgan fingerprint density at radius 1 is 1.47 bits per heavy atom. The Bertz CT molecular complexity index is 500. The fourth-order valence-corrected chi connectivity index (χ4v) is 1.23. The molecule has 0 radical (unpaired) electrons. The third kappa shape index (κ3) is 2.02. The molecule has 5 nitrogen and oxygen atoms in total. The zero-order valence-electron chi connectivity index (χ0n) is 7.51. The van der Waals surface area contributed by atoms with Crippen molar-refractivity contribution in [2.24, 2.45) is 0 Å². The Kier molecular flexibility index (Phi) is 2.74. The maximum absolute atomic E-state index is 8.59. The molecule has 15 heavy (non-hydrogen) atoms. The summed E-state index contributed by atoms with van der Waals surface area (Å²) >= 11 is 3.22. The minimum Gasteiger partial charge on any atom is -0.332 e. The lowest BCUT2D eigenvalue weighted by molar-refractivity contribution is 0.424. The highest BCUT2D eigenvalue weighted by Crippen LogP contribution is 2.15. The topological polar surface area (TPSA) is 75.6 Å². The molecule has 2 aromatic heterocycles. The summed E-state index contributed by atoms with van der Waals surface area (Å²) in [5, 5.41) is 12.8. The van der Waals surface area contributed by atoms with Crippen LogP contribution in [0.1, 0.15) is 11.4 Å². The molecule has 0 bridgehead atoms. The van der Waals surface area contributed by atoms with Crippen LogP contribution in [-0.2, 0) is 5.33 Å². The van der Waals surface area contributed by atoms with Crippen LogP contribution >= 0.6 is 15.9 Å². The average molecular weight is 265 g/mol. The lowest BCUT2D eigenvalue weighted by Crippen LogP contribution is -1.85. The van der Waals surface area contributed by atoms with Crippen LogP contribution in [-0.4, -0.2) is 15.1 Å². The first-order valence-electron chi connectivity index (χ1n) is 4.08. The lowest BCUT2D eigenvalue weighted by Gasteiger charge is -1.91. The van der Waals surface area contributed by atoms with Crippen LogP contribution < -0.4 is 0 Å². The number of nitriles is 1. The van der Waals surface area contributed by atoms with Gasteiger partial charge < -0.3 is 4.52 Å². The Morgan fingerprint density at radius 3 is 2.87 bits per heavy atom. The zero-order chi connectivity index (χ0) is 10.7. The molecule has 0 aliphatic rings. The molecule has 0 unspecified atom stereocenters. The molecule has 0 aromatic carbocycles.